The van der Waals surface area contributed by atoms with Gasteiger partial charge in [0.2, 0.25) is 5.88 Å². The number of carbonyl (C=O) groups is 1. The van der Waals surface area contributed by atoms with Gasteiger partial charge in [-0.2, -0.15) is 5.26 Å². The number of aliphatic imine (C=N–C) groups is 1. The first kappa shape index (κ1) is 19.9. The first-order chi connectivity index (χ1) is 14.5. The Bertz CT molecular complexity index is 1100. The molecule has 0 spiro atoms. The Morgan fingerprint density at radius 1 is 1.37 bits per heavy atom. The summed E-state index contributed by atoms with van der Waals surface area (Å²) in [6, 6.07) is 7.18. The van der Waals surface area contributed by atoms with Crippen molar-refractivity contribution in [2.75, 3.05) is 13.7 Å². The van der Waals surface area contributed by atoms with Crippen LogP contribution in [0.1, 0.15) is 54.1 Å². The average Bonchev–Trinajstić information content (AvgIpc) is 3.21. The van der Waals surface area contributed by atoms with Gasteiger partial charge in [-0.1, -0.05) is 6.07 Å². The Hall–Kier alpha value is -3.40. The van der Waals surface area contributed by atoms with Crippen molar-refractivity contribution < 1.29 is 19.4 Å². The van der Waals surface area contributed by atoms with E-state index in [9.17, 15) is 15.2 Å². The third kappa shape index (κ3) is 3.09. The molecule has 0 amide bonds. The lowest BCUT2D eigenvalue weighted by molar-refractivity contribution is -0.139. The van der Waals surface area contributed by atoms with E-state index in [1.807, 2.05) is 6.92 Å². The number of pyridine rings is 1. The molecule has 1 N–H and O–H groups in total. The number of carboxylic acids is 1. The minimum absolute atomic E-state index is 0.413. The molecule has 4 rings (SSSR count). The monoisotopic (exact) mass is 405 g/mol. The fourth-order valence-electron chi connectivity index (χ4n) is 4.56. The van der Waals surface area contributed by atoms with Crippen LogP contribution in [0.4, 0.5) is 5.69 Å². The van der Waals surface area contributed by atoms with E-state index in [0.29, 0.717) is 40.6 Å². The largest absolute Gasteiger partial charge is 0.496 e. The van der Waals surface area contributed by atoms with Crippen LogP contribution in [-0.2, 0) is 17.6 Å². The smallest absolute Gasteiger partial charge is 0.313 e. The number of methoxy groups -OCH3 is 1. The van der Waals surface area contributed by atoms with Crippen LogP contribution in [0, 0.1) is 17.2 Å². The standard InChI is InChI=1S/C23H23N3O4/c1-4-30-22-20-19(15-9-8-13(11-24)10-17(15)29-3)18(23(27)28)12(2)25-21(20)14-6-5-7-16(14)26-22/h8-10,18-19H,4-7H2,1-3H3,(H,27,28). The van der Waals surface area contributed by atoms with Gasteiger partial charge in [0.25, 0.3) is 0 Å². The van der Waals surface area contributed by atoms with Crippen molar-refractivity contribution in [3.05, 3.63) is 46.1 Å². The van der Waals surface area contributed by atoms with Gasteiger partial charge in [-0.3, -0.25) is 9.79 Å². The minimum Gasteiger partial charge on any atom is -0.496 e. The number of hydrogen-bond donors (Lipinski definition) is 1. The van der Waals surface area contributed by atoms with E-state index in [4.69, 9.17) is 19.5 Å². The third-order valence-electron chi connectivity index (χ3n) is 5.82. The van der Waals surface area contributed by atoms with Crippen molar-refractivity contribution >= 4 is 17.4 Å². The lowest BCUT2D eigenvalue weighted by Crippen LogP contribution is -2.32. The van der Waals surface area contributed by atoms with Crippen LogP contribution < -0.4 is 9.47 Å². The molecular formula is C23H23N3O4. The van der Waals surface area contributed by atoms with Crippen molar-refractivity contribution in [2.45, 2.75) is 39.0 Å². The van der Waals surface area contributed by atoms with Crippen molar-refractivity contribution in [1.82, 2.24) is 4.98 Å². The van der Waals surface area contributed by atoms with Gasteiger partial charge in [0.05, 0.1) is 31.0 Å². The van der Waals surface area contributed by atoms with Gasteiger partial charge in [0, 0.05) is 28.5 Å². The van der Waals surface area contributed by atoms with Gasteiger partial charge in [-0.15, -0.1) is 0 Å². The Kier molecular flexibility index (Phi) is 5.17. The molecule has 0 saturated heterocycles. The highest BCUT2D eigenvalue weighted by Crippen LogP contribution is 2.51. The zero-order chi connectivity index (χ0) is 21.4. The summed E-state index contributed by atoms with van der Waals surface area (Å²) in [6.45, 7) is 4.05. The zero-order valence-corrected chi connectivity index (χ0v) is 17.2. The summed E-state index contributed by atoms with van der Waals surface area (Å²) >= 11 is 0. The van der Waals surface area contributed by atoms with Crippen LogP contribution in [0.25, 0.3) is 0 Å². The van der Waals surface area contributed by atoms with Crippen LogP contribution in [0.2, 0.25) is 0 Å². The molecule has 1 aromatic carbocycles. The molecule has 0 radical (unpaired) electrons. The van der Waals surface area contributed by atoms with E-state index in [0.717, 1.165) is 36.2 Å². The fraction of sp³-hybridized carbons (Fsp3) is 0.391. The molecule has 7 nitrogen and oxygen atoms in total. The van der Waals surface area contributed by atoms with Crippen molar-refractivity contribution in [3.8, 4) is 17.7 Å². The molecular weight excluding hydrogens is 382 g/mol. The van der Waals surface area contributed by atoms with Crippen LogP contribution in [0.15, 0.2) is 23.2 Å². The summed E-state index contributed by atoms with van der Waals surface area (Å²) in [6.07, 6.45) is 2.72. The molecule has 0 bridgehead atoms. The number of nitriles is 1. The Labute approximate surface area is 175 Å². The van der Waals surface area contributed by atoms with Crippen LogP contribution in [0.3, 0.4) is 0 Å². The molecule has 7 heteroatoms. The second kappa shape index (κ2) is 7.79. The van der Waals surface area contributed by atoms with Gasteiger partial charge < -0.3 is 14.6 Å². The highest BCUT2D eigenvalue weighted by molar-refractivity contribution is 6.05. The van der Waals surface area contributed by atoms with Crippen LogP contribution in [-0.4, -0.2) is 35.5 Å². The van der Waals surface area contributed by atoms with Gasteiger partial charge >= 0.3 is 5.97 Å². The maximum absolute atomic E-state index is 12.3. The number of nitrogens with zero attached hydrogens (tertiary/aromatic N) is 3. The first-order valence-electron chi connectivity index (χ1n) is 10.0. The average molecular weight is 405 g/mol. The maximum atomic E-state index is 12.3. The number of aromatic nitrogens is 1. The highest BCUT2D eigenvalue weighted by Gasteiger charge is 2.43. The van der Waals surface area contributed by atoms with E-state index in [1.54, 1.807) is 25.1 Å². The molecule has 2 aromatic rings. The van der Waals surface area contributed by atoms with Crippen molar-refractivity contribution in [2.24, 2.45) is 10.9 Å². The SMILES string of the molecule is CCOc1nc2c(c3c1C(c1ccc(C#N)cc1OC)C(C(=O)O)C(C)=N3)CCC2. The predicted molar refractivity (Wildman–Crippen MR) is 111 cm³/mol. The lowest BCUT2D eigenvalue weighted by atomic mass is 9.75. The van der Waals surface area contributed by atoms with Crippen molar-refractivity contribution in [1.29, 1.82) is 5.26 Å². The highest BCUT2D eigenvalue weighted by atomic mass is 16.5. The van der Waals surface area contributed by atoms with E-state index in [-0.39, 0.29) is 0 Å². The summed E-state index contributed by atoms with van der Waals surface area (Å²) < 4.78 is 11.5. The van der Waals surface area contributed by atoms with Gasteiger partial charge in [-0.05, 0) is 50.8 Å². The fourth-order valence-corrected chi connectivity index (χ4v) is 4.56. The summed E-state index contributed by atoms with van der Waals surface area (Å²) in [4.78, 5) is 21.9. The van der Waals surface area contributed by atoms with E-state index in [1.165, 1.54) is 7.11 Å². The number of fused-ring (bicyclic) bond motifs is 3. The number of rotatable bonds is 5. The minimum atomic E-state index is -0.971. The van der Waals surface area contributed by atoms with Crippen molar-refractivity contribution in [3.63, 3.8) is 0 Å². The summed E-state index contributed by atoms with van der Waals surface area (Å²) in [5, 5.41) is 19.4. The second-order valence-electron chi connectivity index (χ2n) is 7.51. The van der Waals surface area contributed by atoms with E-state index >= 15 is 0 Å². The van der Waals surface area contributed by atoms with Crippen LogP contribution in [0.5, 0.6) is 11.6 Å². The molecule has 2 heterocycles. The Morgan fingerprint density at radius 3 is 2.83 bits per heavy atom. The molecule has 2 unspecified atom stereocenters. The number of carboxylic acid groups (broad SMARTS) is 1. The topological polar surface area (TPSA) is 105 Å². The number of benzene rings is 1. The Morgan fingerprint density at radius 2 is 2.17 bits per heavy atom. The van der Waals surface area contributed by atoms with Gasteiger partial charge in [-0.25, -0.2) is 4.98 Å². The summed E-state index contributed by atoms with van der Waals surface area (Å²) in [5.41, 5.74) is 5.20. The molecule has 154 valence electrons. The second-order valence-corrected chi connectivity index (χ2v) is 7.51. The van der Waals surface area contributed by atoms with Crippen LogP contribution >= 0.6 is 0 Å². The number of aryl methyl sites for hydroxylation is 1. The molecule has 2 aliphatic rings. The lowest BCUT2D eigenvalue weighted by Gasteiger charge is -2.32. The molecule has 0 saturated carbocycles. The predicted octanol–water partition coefficient (Wildman–Crippen LogP) is 3.79. The van der Waals surface area contributed by atoms with Gasteiger partial charge in [0.15, 0.2) is 0 Å². The molecule has 2 atom stereocenters. The quantitative estimate of drug-likeness (QED) is 0.811. The summed E-state index contributed by atoms with van der Waals surface area (Å²) in [7, 11) is 1.52. The third-order valence-corrected chi connectivity index (χ3v) is 5.82. The molecule has 1 aromatic heterocycles. The Balaban J connectivity index is 2.04. The van der Waals surface area contributed by atoms with Gasteiger partial charge in [0.1, 0.15) is 11.7 Å². The van der Waals surface area contributed by atoms with E-state index in [2.05, 4.69) is 6.07 Å². The number of ether oxygens (including phenoxy) is 2. The summed E-state index contributed by atoms with van der Waals surface area (Å²) in [5.74, 6) is -1.54. The zero-order valence-electron chi connectivity index (χ0n) is 17.2. The molecule has 1 aliphatic heterocycles. The number of hydrogen-bond acceptors (Lipinski definition) is 6. The van der Waals surface area contributed by atoms with E-state index < -0.39 is 17.8 Å². The normalized spacial score (nSPS) is 19.3. The molecule has 1 aliphatic carbocycles. The first-order valence-corrected chi connectivity index (χ1v) is 10.0. The molecule has 30 heavy (non-hydrogen) atoms. The number of aliphatic carboxylic acids is 1. The molecule has 0 fully saturated rings. The maximum Gasteiger partial charge on any atom is 0.313 e.